The lowest BCUT2D eigenvalue weighted by Gasteiger charge is -2.10. The van der Waals surface area contributed by atoms with Gasteiger partial charge < -0.3 is 15.2 Å². The fourth-order valence-corrected chi connectivity index (χ4v) is 1.19. The average Bonchev–Trinajstić information content (AvgIpc) is 2.27. The van der Waals surface area contributed by atoms with Crippen molar-refractivity contribution in [1.82, 2.24) is 0 Å². The smallest absolute Gasteiger partial charge is 0.341 e. The van der Waals surface area contributed by atoms with E-state index in [2.05, 4.69) is 0 Å². The molecule has 1 rings (SSSR count). The number of hydrogen-bond acceptors (Lipinski definition) is 4. The molecule has 88 valence electrons. The van der Waals surface area contributed by atoms with Gasteiger partial charge in [0.05, 0.1) is 6.61 Å². The van der Waals surface area contributed by atoms with E-state index < -0.39 is 12.6 Å². The number of halogens is 1. The van der Waals surface area contributed by atoms with Crippen LogP contribution in [0.2, 0.25) is 0 Å². The van der Waals surface area contributed by atoms with Gasteiger partial charge in [0, 0.05) is 5.69 Å². The number of nitrogen functional groups attached to an aromatic ring is 1. The number of alkyl halides is 1. The number of carbonyl (C=O) groups is 1. The summed E-state index contributed by atoms with van der Waals surface area (Å²) in [5, 5.41) is 0. The van der Waals surface area contributed by atoms with Crippen molar-refractivity contribution in [1.29, 1.82) is 0 Å². The van der Waals surface area contributed by atoms with Crippen LogP contribution >= 0.6 is 0 Å². The van der Waals surface area contributed by atoms with E-state index in [9.17, 15) is 9.18 Å². The first-order chi connectivity index (χ1) is 7.69. The van der Waals surface area contributed by atoms with Gasteiger partial charge >= 0.3 is 5.97 Å². The van der Waals surface area contributed by atoms with Crippen molar-refractivity contribution in [2.75, 3.05) is 25.6 Å². The van der Waals surface area contributed by atoms with E-state index in [1.54, 1.807) is 13.0 Å². The van der Waals surface area contributed by atoms with Crippen LogP contribution in [0.15, 0.2) is 18.2 Å². The lowest BCUT2D eigenvalue weighted by atomic mass is 10.2. The first-order valence-corrected chi connectivity index (χ1v) is 4.94. The Morgan fingerprint density at radius 1 is 1.50 bits per heavy atom. The Labute approximate surface area is 93.2 Å². The van der Waals surface area contributed by atoms with Gasteiger partial charge in [0.2, 0.25) is 0 Å². The predicted molar refractivity (Wildman–Crippen MR) is 58.3 cm³/mol. The molecule has 0 aliphatic carbocycles. The highest BCUT2D eigenvalue weighted by atomic mass is 19.1. The van der Waals surface area contributed by atoms with Crippen molar-refractivity contribution in [2.24, 2.45) is 0 Å². The summed E-state index contributed by atoms with van der Waals surface area (Å²) in [6.45, 7) is 1.24. The van der Waals surface area contributed by atoms with Gasteiger partial charge in [-0.25, -0.2) is 9.18 Å². The summed E-state index contributed by atoms with van der Waals surface area (Å²) in [5.74, 6) is -0.242. The summed E-state index contributed by atoms with van der Waals surface area (Å²) in [6, 6.07) is 4.55. The molecule has 0 saturated carbocycles. The molecule has 5 heteroatoms. The fourth-order valence-electron chi connectivity index (χ4n) is 1.19. The van der Waals surface area contributed by atoms with E-state index >= 15 is 0 Å². The van der Waals surface area contributed by atoms with Crippen LogP contribution in [0.3, 0.4) is 0 Å². The Kier molecular flexibility index (Phi) is 4.57. The van der Waals surface area contributed by atoms with Crippen molar-refractivity contribution in [2.45, 2.75) is 6.92 Å². The number of esters is 1. The molecule has 0 fully saturated rings. The van der Waals surface area contributed by atoms with Crippen LogP contribution in [0.5, 0.6) is 5.75 Å². The Morgan fingerprint density at radius 3 is 2.88 bits per heavy atom. The molecule has 0 unspecified atom stereocenters. The number of nitrogens with two attached hydrogens (primary N) is 1. The topological polar surface area (TPSA) is 61.5 Å². The minimum absolute atomic E-state index is 0.101. The number of carbonyl (C=O) groups excluding carboxylic acids is 1. The third-order valence-corrected chi connectivity index (χ3v) is 1.83. The molecule has 0 aliphatic rings. The van der Waals surface area contributed by atoms with Crippen LogP contribution < -0.4 is 10.5 Å². The quantitative estimate of drug-likeness (QED) is 0.615. The minimum atomic E-state index is -0.618. The molecular formula is C11H14FNO3. The van der Waals surface area contributed by atoms with Gasteiger partial charge in [-0.3, -0.25) is 0 Å². The van der Waals surface area contributed by atoms with Crippen molar-refractivity contribution < 1.29 is 18.7 Å². The number of benzene rings is 1. The maximum atomic E-state index is 12.0. The number of ether oxygens (including phenoxy) is 2. The van der Waals surface area contributed by atoms with Gasteiger partial charge in [-0.05, 0) is 25.1 Å². The monoisotopic (exact) mass is 227 g/mol. The molecule has 0 heterocycles. The highest BCUT2D eigenvalue weighted by Crippen LogP contribution is 2.22. The molecule has 0 aliphatic heterocycles. The fraction of sp³-hybridized carbons (Fsp3) is 0.364. The van der Waals surface area contributed by atoms with Gasteiger partial charge in [0.15, 0.2) is 0 Å². The largest absolute Gasteiger partial charge is 0.490 e. The van der Waals surface area contributed by atoms with Gasteiger partial charge in [-0.15, -0.1) is 0 Å². The first-order valence-electron chi connectivity index (χ1n) is 4.94. The molecule has 0 atom stereocenters. The normalized spacial score (nSPS) is 9.88. The zero-order valence-corrected chi connectivity index (χ0v) is 9.03. The van der Waals surface area contributed by atoms with Gasteiger partial charge in [0.1, 0.15) is 24.6 Å². The second-order valence-corrected chi connectivity index (χ2v) is 3.01. The summed E-state index contributed by atoms with van der Waals surface area (Å²) in [4.78, 5) is 11.5. The summed E-state index contributed by atoms with van der Waals surface area (Å²) < 4.78 is 21.9. The number of rotatable bonds is 5. The number of hydrogen-bond donors (Lipinski definition) is 1. The van der Waals surface area contributed by atoms with Crippen LogP contribution in [-0.4, -0.2) is 25.9 Å². The zero-order chi connectivity index (χ0) is 12.0. The van der Waals surface area contributed by atoms with Gasteiger partial charge in [0.25, 0.3) is 0 Å². The van der Waals surface area contributed by atoms with E-state index in [1.807, 2.05) is 0 Å². The molecule has 2 N–H and O–H groups in total. The molecule has 0 saturated heterocycles. The van der Waals surface area contributed by atoms with Crippen LogP contribution in [0, 0.1) is 0 Å². The Morgan fingerprint density at radius 2 is 2.25 bits per heavy atom. The number of anilines is 1. The van der Waals surface area contributed by atoms with Crippen LogP contribution in [0.25, 0.3) is 0 Å². The summed E-state index contributed by atoms with van der Waals surface area (Å²) in [6.07, 6.45) is 0. The minimum Gasteiger partial charge on any atom is -0.490 e. The second kappa shape index (κ2) is 5.95. The summed E-state index contributed by atoms with van der Waals surface area (Å²) in [5.41, 5.74) is 6.20. The predicted octanol–water partition coefficient (Wildman–Crippen LogP) is 1.79. The average molecular weight is 227 g/mol. The summed E-state index contributed by atoms with van der Waals surface area (Å²) in [7, 11) is 0. The summed E-state index contributed by atoms with van der Waals surface area (Å²) >= 11 is 0. The van der Waals surface area contributed by atoms with E-state index in [0.717, 1.165) is 0 Å². The van der Waals surface area contributed by atoms with Crippen molar-refractivity contribution in [3.05, 3.63) is 23.8 Å². The van der Waals surface area contributed by atoms with Crippen molar-refractivity contribution in [3.63, 3.8) is 0 Å². The molecule has 0 spiro atoms. The Hall–Kier alpha value is -1.78. The van der Waals surface area contributed by atoms with E-state index in [4.69, 9.17) is 15.2 Å². The van der Waals surface area contributed by atoms with Crippen molar-refractivity contribution >= 4 is 11.7 Å². The molecule has 0 radical (unpaired) electrons. The molecule has 4 nitrogen and oxygen atoms in total. The maximum absolute atomic E-state index is 12.0. The standard InChI is InChI=1S/C11H14FNO3/c1-2-15-11(14)9-7-8(13)3-4-10(9)16-6-5-12/h3-4,7H,2,5-6,13H2,1H3. The molecule has 0 aromatic heterocycles. The maximum Gasteiger partial charge on any atom is 0.341 e. The first kappa shape index (κ1) is 12.3. The third kappa shape index (κ3) is 3.12. The Balaban J connectivity index is 2.93. The SMILES string of the molecule is CCOC(=O)c1cc(N)ccc1OCCF. The lowest BCUT2D eigenvalue weighted by Crippen LogP contribution is -2.09. The molecule has 1 aromatic rings. The molecule has 1 aromatic carbocycles. The van der Waals surface area contributed by atoms with Crippen LogP contribution in [0.1, 0.15) is 17.3 Å². The highest BCUT2D eigenvalue weighted by Gasteiger charge is 2.14. The Bertz CT molecular complexity index is 368. The molecule has 0 bridgehead atoms. The van der Waals surface area contributed by atoms with Crippen LogP contribution in [-0.2, 0) is 4.74 Å². The van der Waals surface area contributed by atoms with E-state index in [0.29, 0.717) is 5.69 Å². The highest BCUT2D eigenvalue weighted by molar-refractivity contribution is 5.93. The zero-order valence-electron chi connectivity index (χ0n) is 9.03. The van der Waals surface area contributed by atoms with Gasteiger partial charge in [-0.2, -0.15) is 0 Å². The van der Waals surface area contributed by atoms with Crippen molar-refractivity contribution in [3.8, 4) is 5.75 Å². The molecular weight excluding hydrogens is 213 g/mol. The van der Waals surface area contributed by atoms with Crippen LogP contribution in [0.4, 0.5) is 10.1 Å². The third-order valence-electron chi connectivity index (χ3n) is 1.83. The lowest BCUT2D eigenvalue weighted by molar-refractivity contribution is 0.0521. The van der Waals surface area contributed by atoms with E-state index in [1.165, 1.54) is 12.1 Å². The molecule has 16 heavy (non-hydrogen) atoms. The van der Waals surface area contributed by atoms with E-state index in [-0.39, 0.29) is 24.5 Å². The molecule has 0 amide bonds. The second-order valence-electron chi connectivity index (χ2n) is 3.01. The van der Waals surface area contributed by atoms with Gasteiger partial charge in [-0.1, -0.05) is 0 Å².